The summed E-state index contributed by atoms with van der Waals surface area (Å²) in [7, 11) is 2.13. The van der Waals surface area contributed by atoms with Crippen LogP contribution in [0.15, 0.2) is 24.3 Å². The van der Waals surface area contributed by atoms with Crippen LogP contribution in [0.5, 0.6) is 0 Å². The van der Waals surface area contributed by atoms with E-state index in [1.165, 1.54) is 30.4 Å². The van der Waals surface area contributed by atoms with Gasteiger partial charge in [0.05, 0.1) is 6.67 Å². The van der Waals surface area contributed by atoms with E-state index in [-0.39, 0.29) is 5.41 Å². The standard InChI is InChI=1S/C20H30N4S/c1-20(2,3)17-11-9-16(10-12-17)14-22(4)15-24-19(25)23-13-7-5-6-8-18(23)21-24/h9-12H,5-8,13-15H2,1-4H3. The summed E-state index contributed by atoms with van der Waals surface area (Å²) in [5, 5.41) is 4.77. The van der Waals surface area contributed by atoms with Gasteiger partial charge in [-0.1, -0.05) is 51.5 Å². The molecule has 0 radical (unpaired) electrons. The van der Waals surface area contributed by atoms with E-state index in [2.05, 4.69) is 61.6 Å². The van der Waals surface area contributed by atoms with E-state index in [9.17, 15) is 0 Å². The molecule has 2 aromatic rings. The smallest absolute Gasteiger partial charge is 0.199 e. The highest BCUT2D eigenvalue weighted by molar-refractivity contribution is 7.71. The molecule has 0 spiro atoms. The Morgan fingerprint density at radius 2 is 1.84 bits per heavy atom. The average molecular weight is 359 g/mol. The minimum atomic E-state index is 0.200. The summed E-state index contributed by atoms with van der Waals surface area (Å²) in [5.74, 6) is 1.16. The molecule has 0 saturated heterocycles. The number of aromatic nitrogens is 3. The molecule has 0 unspecified atom stereocenters. The van der Waals surface area contributed by atoms with Crippen molar-refractivity contribution in [3.8, 4) is 0 Å². The maximum atomic E-state index is 5.65. The molecule has 25 heavy (non-hydrogen) atoms. The van der Waals surface area contributed by atoms with Gasteiger partial charge in [-0.15, -0.1) is 0 Å². The lowest BCUT2D eigenvalue weighted by atomic mass is 9.87. The maximum Gasteiger partial charge on any atom is 0.199 e. The number of hydrogen-bond acceptors (Lipinski definition) is 3. The largest absolute Gasteiger partial charge is 0.304 e. The van der Waals surface area contributed by atoms with E-state index >= 15 is 0 Å². The van der Waals surface area contributed by atoms with Crippen LogP contribution in [-0.2, 0) is 31.6 Å². The molecule has 0 fully saturated rings. The molecule has 3 rings (SSSR count). The van der Waals surface area contributed by atoms with E-state index < -0.39 is 0 Å². The Morgan fingerprint density at radius 3 is 2.52 bits per heavy atom. The van der Waals surface area contributed by atoms with Gasteiger partial charge in [0.1, 0.15) is 5.82 Å². The van der Waals surface area contributed by atoms with Crippen LogP contribution in [0.1, 0.15) is 57.0 Å². The van der Waals surface area contributed by atoms with Crippen LogP contribution in [0.4, 0.5) is 0 Å². The predicted octanol–water partition coefficient (Wildman–Crippen LogP) is 4.53. The molecule has 1 aliphatic heterocycles. The third-order valence-corrected chi connectivity index (χ3v) is 5.36. The number of rotatable bonds is 4. The Balaban J connectivity index is 1.67. The highest BCUT2D eigenvalue weighted by atomic mass is 32.1. The van der Waals surface area contributed by atoms with Gasteiger partial charge >= 0.3 is 0 Å². The van der Waals surface area contributed by atoms with Crippen LogP contribution in [0.25, 0.3) is 0 Å². The Kier molecular flexibility index (Phi) is 5.44. The van der Waals surface area contributed by atoms with Crippen molar-refractivity contribution >= 4 is 12.2 Å². The second-order valence-corrected chi connectivity index (χ2v) is 8.63. The van der Waals surface area contributed by atoms with Crippen LogP contribution in [0.3, 0.4) is 0 Å². The number of aryl methyl sites for hydroxylation is 1. The SMILES string of the molecule is CN(Cc1ccc(C(C)(C)C)cc1)Cn1nc2n(c1=S)CCCCC2. The first kappa shape index (κ1) is 18.3. The molecular formula is C20H30N4S. The highest BCUT2D eigenvalue weighted by Crippen LogP contribution is 2.22. The fourth-order valence-corrected chi connectivity index (χ4v) is 3.71. The Bertz CT molecular complexity index is 764. The number of fused-ring (bicyclic) bond motifs is 1. The maximum absolute atomic E-state index is 5.65. The van der Waals surface area contributed by atoms with Gasteiger partial charge in [-0.05, 0) is 48.6 Å². The van der Waals surface area contributed by atoms with E-state index in [1.807, 2.05) is 4.68 Å². The zero-order chi connectivity index (χ0) is 18.0. The van der Waals surface area contributed by atoms with Crippen LogP contribution < -0.4 is 0 Å². The summed E-state index contributed by atoms with van der Waals surface area (Å²) in [5.41, 5.74) is 2.90. The molecule has 5 heteroatoms. The average Bonchev–Trinajstić information content (AvgIpc) is 2.73. The van der Waals surface area contributed by atoms with Gasteiger partial charge in [-0.25, -0.2) is 4.68 Å². The van der Waals surface area contributed by atoms with Gasteiger partial charge in [0.15, 0.2) is 4.77 Å². The molecule has 1 aliphatic rings. The minimum Gasteiger partial charge on any atom is -0.304 e. The summed E-state index contributed by atoms with van der Waals surface area (Å²) < 4.78 is 5.08. The lowest BCUT2D eigenvalue weighted by Gasteiger charge is -2.20. The second-order valence-electron chi connectivity index (χ2n) is 8.26. The van der Waals surface area contributed by atoms with Crippen molar-refractivity contribution < 1.29 is 0 Å². The molecule has 1 aromatic heterocycles. The van der Waals surface area contributed by atoms with Crippen molar-refractivity contribution in [3.05, 3.63) is 46.0 Å². The molecule has 0 N–H and O–H groups in total. The van der Waals surface area contributed by atoms with Crippen LogP contribution in [0.2, 0.25) is 0 Å². The molecule has 0 atom stereocenters. The molecule has 2 heterocycles. The van der Waals surface area contributed by atoms with Crippen molar-refractivity contribution in [2.45, 2.75) is 71.6 Å². The fraction of sp³-hybridized carbons (Fsp3) is 0.600. The summed E-state index contributed by atoms with van der Waals surface area (Å²) in [6.45, 7) is 9.40. The summed E-state index contributed by atoms with van der Waals surface area (Å²) >= 11 is 5.65. The quantitative estimate of drug-likeness (QED) is 0.751. The van der Waals surface area contributed by atoms with Gasteiger partial charge in [-0.3, -0.25) is 4.90 Å². The zero-order valence-corrected chi connectivity index (χ0v) is 16.8. The summed E-state index contributed by atoms with van der Waals surface area (Å²) in [6.07, 6.45) is 4.77. The van der Waals surface area contributed by atoms with Crippen LogP contribution in [0, 0.1) is 4.77 Å². The molecule has 0 aliphatic carbocycles. The topological polar surface area (TPSA) is 26.0 Å². The molecular weight excluding hydrogens is 328 g/mol. The highest BCUT2D eigenvalue weighted by Gasteiger charge is 2.15. The van der Waals surface area contributed by atoms with Crippen molar-refractivity contribution in [3.63, 3.8) is 0 Å². The predicted molar refractivity (Wildman–Crippen MR) is 105 cm³/mol. The van der Waals surface area contributed by atoms with Crippen molar-refractivity contribution in [1.82, 2.24) is 19.2 Å². The summed E-state index contributed by atoms with van der Waals surface area (Å²) in [6, 6.07) is 8.96. The van der Waals surface area contributed by atoms with E-state index in [0.29, 0.717) is 0 Å². The molecule has 4 nitrogen and oxygen atoms in total. The molecule has 136 valence electrons. The van der Waals surface area contributed by atoms with Crippen LogP contribution >= 0.6 is 12.2 Å². The van der Waals surface area contributed by atoms with Gasteiger partial charge in [0, 0.05) is 19.5 Å². The first-order chi connectivity index (χ1) is 11.8. The molecule has 0 bridgehead atoms. The number of hydrogen-bond donors (Lipinski definition) is 0. The van der Waals surface area contributed by atoms with Crippen molar-refractivity contribution in [2.75, 3.05) is 7.05 Å². The fourth-order valence-electron chi connectivity index (χ4n) is 3.42. The molecule has 1 aromatic carbocycles. The minimum absolute atomic E-state index is 0.200. The zero-order valence-electron chi connectivity index (χ0n) is 16.0. The van der Waals surface area contributed by atoms with Gasteiger partial charge in [0.25, 0.3) is 0 Å². The Morgan fingerprint density at radius 1 is 1.12 bits per heavy atom. The Labute approximate surface area is 156 Å². The molecule has 0 amide bonds. The first-order valence-electron chi connectivity index (χ1n) is 9.29. The van der Waals surface area contributed by atoms with Crippen molar-refractivity contribution in [1.29, 1.82) is 0 Å². The van der Waals surface area contributed by atoms with E-state index in [0.717, 1.165) is 36.8 Å². The van der Waals surface area contributed by atoms with E-state index in [1.54, 1.807) is 0 Å². The second kappa shape index (κ2) is 7.42. The normalized spacial score (nSPS) is 15.2. The lowest BCUT2D eigenvalue weighted by Crippen LogP contribution is -2.23. The van der Waals surface area contributed by atoms with E-state index in [4.69, 9.17) is 17.3 Å². The number of nitrogens with zero attached hydrogens (tertiary/aromatic N) is 4. The third-order valence-electron chi connectivity index (χ3n) is 4.93. The third kappa shape index (κ3) is 4.39. The molecule has 0 saturated carbocycles. The van der Waals surface area contributed by atoms with Gasteiger partial charge in [0.2, 0.25) is 0 Å². The number of benzene rings is 1. The summed E-state index contributed by atoms with van der Waals surface area (Å²) in [4.78, 5) is 2.27. The van der Waals surface area contributed by atoms with Crippen LogP contribution in [-0.4, -0.2) is 26.3 Å². The van der Waals surface area contributed by atoms with Gasteiger partial charge in [-0.2, -0.15) is 5.10 Å². The van der Waals surface area contributed by atoms with Gasteiger partial charge < -0.3 is 4.57 Å². The first-order valence-corrected chi connectivity index (χ1v) is 9.70. The lowest BCUT2D eigenvalue weighted by molar-refractivity contribution is 0.243. The monoisotopic (exact) mass is 358 g/mol. The Hall–Kier alpha value is -1.46. The van der Waals surface area contributed by atoms with Crippen molar-refractivity contribution in [2.24, 2.45) is 0 Å².